The third-order valence-corrected chi connectivity index (χ3v) is 5.85. The summed E-state index contributed by atoms with van der Waals surface area (Å²) in [5.41, 5.74) is 2.73. The number of halogens is 2. The van der Waals surface area contributed by atoms with Crippen LogP contribution < -0.4 is 10.6 Å². The number of nitrogens with zero attached hydrogens (tertiary/aromatic N) is 3. The molecule has 0 aliphatic carbocycles. The number of thioether (sulfide) groups is 1. The van der Waals surface area contributed by atoms with Gasteiger partial charge in [-0.3, -0.25) is 4.79 Å². The summed E-state index contributed by atoms with van der Waals surface area (Å²) in [5, 5.41) is 16.2. The Bertz CT molecular complexity index is 1040. The molecule has 0 spiro atoms. The molecule has 30 heavy (non-hydrogen) atoms. The monoisotopic (exact) mass is 461 g/mol. The van der Waals surface area contributed by atoms with Gasteiger partial charge in [0.1, 0.15) is 0 Å². The quantitative estimate of drug-likeness (QED) is 0.328. The average molecular weight is 462 g/mol. The van der Waals surface area contributed by atoms with Gasteiger partial charge < -0.3 is 15.2 Å². The Morgan fingerprint density at radius 2 is 1.87 bits per heavy atom. The molecular formula is C21H21Cl2N5OS. The summed E-state index contributed by atoms with van der Waals surface area (Å²) in [4.78, 5) is 12.3. The van der Waals surface area contributed by atoms with E-state index < -0.39 is 0 Å². The van der Waals surface area contributed by atoms with E-state index in [-0.39, 0.29) is 11.7 Å². The molecule has 1 amide bonds. The second kappa shape index (κ2) is 10.5. The highest BCUT2D eigenvalue weighted by molar-refractivity contribution is 7.99. The van der Waals surface area contributed by atoms with E-state index >= 15 is 0 Å². The molecule has 0 atom stereocenters. The molecule has 0 aliphatic heterocycles. The number of amides is 1. The number of aryl methyl sites for hydroxylation is 1. The largest absolute Gasteiger partial charge is 0.378 e. The zero-order valence-electron chi connectivity index (χ0n) is 16.4. The molecule has 2 N–H and O–H groups in total. The molecule has 3 aromatic rings. The van der Waals surface area contributed by atoms with Gasteiger partial charge in [0.25, 0.3) is 0 Å². The van der Waals surface area contributed by atoms with E-state index in [1.165, 1.54) is 11.8 Å². The molecule has 0 bridgehead atoms. The molecule has 0 saturated carbocycles. The summed E-state index contributed by atoms with van der Waals surface area (Å²) in [5.74, 6) is 0.846. The van der Waals surface area contributed by atoms with Gasteiger partial charge in [0.15, 0.2) is 11.0 Å². The van der Waals surface area contributed by atoms with Crippen LogP contribution in [0.1, 0.15) is 11.4 Å². The fourth-order valence-corrected chi connectivity index (χ4v) is 3.69. The first kappa shape index (κ1) is 22.2. The first-order valence-electron chi connectivity index (χ1n) is 9.17. The number of carbonyl (C=O) groups is 1. The normalized spacial score (nSPS) is 10.6. The Labute approximate surface area is 189 Å². The Hall–Kier alpha value is -2.48. The molecule has 0 unspecified atom stereocenters. The molecule has 0 fully saturated rings. The smallest absolute Gasteiger partial charge is 0.234 e. The number of aromatic nitrogens is 3. The van der Waals surface area contributed by atoms with E-state index in [0.717, 1.165) is 22.8 Å². The van der Waals surface area contributed by atoms with Crippen molar-refractivity contribution in [3.8, 4) is 0 Å². The van der Waals surface area contributed by atoms with Crippen molar-refractivity contribution in [2.24, 2.45) is 0 Å². The van der Waals surface area contributed by atoms with Crippen LogP contribution >= 0.6 is 35.0 Å². The highest BCUT2D eigenvalue weighted by Crippen LogP contribution is 2.25. The number of hydrogen-bond donors (Lipinski definition) is 2. The number of hydrogen-bond acceptors (Lipinski definition) is 5. The minimum Gasteiger partial charge on any atom is -0.378 e. The lowest BCUT2D eigenvalue weighted by molar-refractivity contribution is -0.113. The summed E-state index contributed by atoms with van der Waals surface area (Å²) in [6.45, 7) is 6.77. The summed E-state index contributed by atoms with van der Waals surface area (Å²) in [7, 11) is 0. The summed E-state index contributed by atoms with van der Waals surface area (Å²) >= 11 is 13.3. The molecule has 2 aromatic carbocycles. The summed E-state index contributed by atoms with van der Waals surface area (Å²) in [6.07, 6.45) is 1.77. The van der Waals surface area contributed by atoms with E-state index in [1.54, 1.807) is 18.2 Å². The highest BCUT2D eigenvalue weighted by Gasteiger charge is 2.14. The molecule has 0 aliphatic rings. The maximum atomic E-state index is 12.3. The standard InChI is InChI=1S/C21H21Cl2N5OS/c1-3-10-28-19(12-24-16-8-9-17(22)18(23)11-16)26-27-21(28)30-13-20(29)25-15-6-4-14(2)5-7-15/h3-9,11,24H,1,10,12-13H2,2H3,(H,25,29). The van der Waals surface area contributed by atoms with Gasteiger partial charge in [0, 0.05) is 17.9 Å². The van der Waals surface area contributed by atoms with E-state index in [1.807, 2.05) is 41.8 Å². The van der Waals surface area contributed by atoms with Gasteiger partial charge in [-0.2, -0.15) is 0 Å². The van der Waals surface area contributed by atoms with Gasteiger partial charge in [0.2, 0.25) is 5.91 Å². The number of rotatable bonds is 9. The van der Waals surface area contributed by atoms with Gasteiger partial charge in [-0.25, -0.2) is 0 Å². The number of benzene rings is 2. The van der Waals surface area contributed by atoms with Crippen LogP contribution in [0, 0.1) is 6.92 Å². The lowest BCUT2D eigenvalue weighted by Crippen LogP contribution is -2.15. The van der Waals surface area contributed by atoms with E-state index in [2.05, 4.69) is 27.4 Å². The van der Waals surface area contributed by atoms with Crippen molar-refractivity contribution < 1.29 is 4.79 Å². The van der Waals surface area contributed by atoms with Crippen LogP contribution in [0.5, 0.6) is 0 Å². The second-order valence-corrected chi connectivity index (χ2v) is 8.24. The third kappa shape index (κ3) is 6.01. The number of nitrogens with one attached hydrogen (secondary N) is 2. The minimum atomic E-state index is -0.104. The van der Waals surface area contributed by atoms with Crippen LogP contribution in [0.25, 0.3) is 0 Å². The number of carbonyl (C=O) groups excluding carboxylic acids is 1. The number of anilines is 2. The van der Waals surface area contributed by atoms with Crippen LogP contribution in [0.4, 0.5) is 11.4 Å². The minimum absolute atomic E-state index is 0.104. The van der Waals surface area contributed by atoms with E-state index in [9.17, 15) is 4.79 Å². The first-order valence-corrected chi connectivity index (χ1v) is 10.9. The van der Waals surface area contributed by atoms with Gasteiger partial charge in [-0.1, -0.05) is 58.7 Å². The zero-order valence-corrected chi connectivity index (χ0v) is 18.7. The van der Waals surface area contributed by atoms with Crippen LogP contribution in [0.15, 0.2) is 60.3 Å². The third-order valence-electron chi connectivity index (χ3n) is 4.14. The molecule has 156 valence electrons. The molecule has 1 aromatic heterocycles. The number of allylic oxidation sites excluding steroid dienone is 1. The van der Waals surface area contributed by atoms with E-state index in [4.69, 9.17) is 23.2 Å². The predicted molar refractivity (Wildman–Crippen MR) is 125 cm³/mol. The fraction of sp³-hybridized carbons (Fsp3) is 0.190. The van der Waals surface area contributed by atoms with Crippen molar-refractivity contribution in [1.82, 2.24) is 14.8 Å². The SMILES string of the molecule is C=CCn1c(CNc2ccc(Cl)c(Cl)c2)nnc1SCC(=O)Nc1ccc(C)cc1. The Morgan fingerprint density at radius 1 is 1.13 bits per heavy atom. The molecule has 3 rings (SSSR count). The molecule has 0 radical (unpaired) electrons. The molecule has 1 heterocycles. The van der Waals surface area contributed by atoms with Crippen molar-refractivity contribution in [1.29, 1.82) is 0 Å². The lowest BCUT2D eigenvalue weighted by Gasteiger charge is -2.10. The van der Waals surface area contributed by atoms with Crippen molar-refractivity contribution in [3.63, 3.8) is 0 Å². The van der Waals surface area contributed by atoms with Gasteiger partial charge in [0.05, 0.1) is 22.3 Å². The Balaban J connectivity index is 1.61. The maximum absolute atomic E-state index is 12.3. The van der Waals surface area contributed by atoms with Crippen molar-refractivity contribution >= 4 is 52.2 Å². The van der Waals surface area contributed by atoms with Gasteiger partial charge in [-0.15, -0.1) is 16.8 Å². The van der Waals surface area contributed by atoms with Crippen LogP contribution in [0.2, 0.25) is 10.0 Å². The lowest BCUT2D eigenvalue weighted by atomic mass is 10.2. The first-order chi connectivity index (χ1) is 14.5. The topological polar surface area (TPSA) is 71.8 Å². The molecule has 0 saturated heterocycles. The van der Waals surface area contributed by atoms with E-state index in [0.29, 0.717) is 28.3 Å². The predicted octanol–water partition coefficient (Wildman–Crippen LogP) is 5.42. The molecule has 6 nitrogen and oxygen atoms in total. The maximum Gasteiger partial charge on any atom is 0.234 e. The van der Waals surface area contributed by atoms with Gasteiger partial charge >= 0.3 is 0 Å². The molecule has 9 heteroatoms. The van der Waals surface area contributed by atoms with Crippen molar-refractivity contribution in [3.05, 3.63) is 76.6 Å². The average Bonchev–Trinajstić information content (AvgIpc) is 3.11. The van der Waals surface area contributed by atoms with Crippen LogP contribution in [-0.4, -0.2) is 26.4 Å². The summed E-state index contributed by atoms with van der Waals surface area (Å²) < 4.78 is 1.92. The highest BCUT2D eigenvalue weighted by atomic mass is 35.5. The van der Waals surface area contributed by atoms with Crippen LogP contribution in [0.3, 0.4) is 0 Å². The van der Waals surface area contributed by atoms with Crippen molar-refractivity contribution in [2.45, 2.75) is 25.2 Å². The Kier molecular flexibility index (Phi) is 7.79. The van der Waals surface area contributed by atoms with Crippen molar-refractivity contribution in [2.75, 3.05) is 16.4 Å². The fourth-order valence-electron chi connectivity index (χ4n) is 2.62. The second-order valence-electron chi connectivity index (χ2n) is 6.48. The van der Waals surface area contributed by atoms with Gasteiger partial charge in [-0.05, 0) is 37.3 Å². The Morgan fingerprint density at radius 3 is 2.57 bits per heavy atom. The molecular weight excluding hydrogens is 441 g/mol. The summed E-state index contributed by atoms with van der Waals surface area (Å²) in [6, 6.07) is 13.0. The van der Waals surface area contributed by atoms with Crippen LogP contribution in [-0.2, 0) is 17.9 Å². The zero-order chi connectivity index (χ0) is 21.5.